The molecular formula is C17H18ClN3O3. The Hall–Kier alpha value is -2.73. The summed E-state index contributed by atoms with van der Waals surface area (Å²) >= 11 is 6.09. The van der Waals surface area contributed by atoms with Crippen molar-refractivity contribution in [2.45, 2.75) is 6.92 Å². The van der Waals surface area contributed by atoms with E-state index in [4.69, 9.17) is 22.4 Å². The number of anilines is 3. The first-order valence-electron chi connectivity index (χ1n) is 7.12. The maximum absolute atomic E-state index is 12.7. The summed E-state index contributed by atoms with van der Waals surface area (Å²) in [5.41, 5.74) is 8.42. The van der Waals surface area contributed by atoms with E-state index in [0.29, 0.717) is 27.6 Å². The molecule has 0 aliphatic heterocycles. The monoisotopic (exact) mass is 347 g/mol. The first-order chi connectivity index (χ1) is 11.2. The molecule has 3 N–H and O–H groups in total. The molecule has 0 bridgehead atoms. The number of carbonyl (C=O) groups is 2. The lowest BCUT2D eigenvalue weighted by molar-refractivity contribution is 0.0993. The molecular weight excluding hydrogens is 330 g/mol. The largest absolute Gasteiger partial charge is 0.465 e. The minimum atomic E-state index is -1.06. The van der Waals surface area contributed by atoms with Gasteiger partial charge in [-0.25, -0.2) is 4.79 Å². The number of nitrogen functional groups attached to an aromatic ring is 1. The molecule has 2 aromatic rings. The Bertz CT molecular complexity index is 808. The summed E-state index contributed by atoms with van der Waals surface area (Å²) in [6.07, 6.45) is -1.06. The van der Waals surface area contributed by atoms with Gasteiger partial charge in [0.25, 0.3) is 5.91 Å². The molecule has 6 nitrogen and oxygen atoms in total. The van der Waals surface area contributed by atoms with Crippen LogP contribution in [0.1, 0.15) is 15.9 Å². The van der Waals surface area contributed by atoms with Crippen LogP contribution in [0.5, 0.6) is 0 Å². The number of benzene rings is 2. The van der Waals surface area contributed by atoms with Crippen LogP contribution in [0.3, 0.4) is 0 Å². The van der Waals surface area contributed by atoms with Crippen molar-refractivity contribution < 1.29 is 14.7 Å². The lowest BCUT2D eigenvalue weighted by atomic mass is 10.1. The van der Waals surface area contributed by atoms with Crippen molar-refractivity contribution in [3.63, 3.8) is 0 Å². The van der Waals surface area contributed by atoms with Crippen LogP contribution in [-0.4, -0.2) is 31.2 Å². The molecule has 0 atom stereocenters. The third-order valence-corrected chi connectivity index (χ3v) is 4.07. The lowest BCUT2D eigenvalue weighted by Crippen LogP contribution is -2.28. The topological polar surface area (TPSA) is 86.9 Å². The quantitative estimate of drug-likeness (QED) is 0.830. The highest BCUT2D eigenvalue weighted by atomic mass is 35.5. The van der Waals surface area contributed by atoms with Gasteiger partial charge in [-0.1, -0.05) is 11.6 Å². The van der Waals surface area contributed by atoms with Gasteiger partial charge >= 0.3 is 6.09 Å². The summed E-state index contributed by atoms with van der Waals surface area (Å²) < 4.78 is 0. The molecule has 2 rings (SSSR count). The highest BCUT2D eigenvalue weighted by molar-refractivity contribution is 6.34. The predicted molar refractivity (Wildman–Crippen MR) is 96.2 cm³/mol. The normalized spacial score (nSPS) is 10.3. The maximum Gasteiger partial charge on any atom is 0.411 e. The molecule has 0 spiro atoms. The van der Waals surface area contributed by atoms with Crippen molar-refractivity contribution >= 4 is 40.7 Å². The van der Waals surface area contributed by atoms with Crippen LogP contribution in [0, 0.1) is 6.92 Å². The molecule has 0 aromatic heterocycles. The van der Waals surface area contributed by atoms with Crippen LogP contribution in [-0.2, 0) is 0 Å². The molecule has 0 unspecified atom stereocenters. The highest BCUT2D eigenvalue weighted by Gasteiger charge is 2.19. The molecule has 2 amide bonds. The summed E-state index contributed by atoms with van der Waals surface area (Å²) in [6, 6.07) is 9.78. The zero-order valence-corrected chi connectivity index (χ0v) is 14.3. The predicted octanol–water partition coefficient (Wildman–Crippen LogP) is 3.62. The molecule has 0 heterocycles. The number of carbonyl (C=O) groups excluding carboxylic acids is 1. The van der Waals surface area contributed by atoms with Crippen molar-refractivity contribution in [1.82, 2.24) is 0 Å². The van der Waals surface area contributed by atoms with Gasteiger partial charge in [-0.15, -0.1) is 0 Å². The molecule has 0 fully saturated rings. The molecule has 24 heavy (non-hydrogen) atoms. The van der Waals surface area contributed by atoms with Crippen LogP contribution in [0.2, 0.25) is 5.02 Å². The number of halogens is 1. The van der Waals surface area contributed by atoms with Crippen molar-refractivity contribution in [1.29, 1.82) is 0 Å². The Balaban J connectivity index is 2.36. The molecule has 0 saturated carbocycles. The molecule has 0 radical (unpaired) electrons. The summed E-state index contributed by atoms with van der Waals surface area (Å²) in [5.74, 6) is -0.297. The van der Waals surface area contributed by atoms with Crippen LogP contribution in [0.15, 0.2) is 36.4 Å². The number of hydrogen-bond acceptors (Lipinski definition) is 3. The number of rotatable bonds is 3. The Labute approximate surface area is 145 Å². The fraction of sp³-hybridized carbons (Fsp3) is 0.176. The summed E-state index contributed by atoms with van der Waals surface area (Å²) in [4.78, 5) is 26.3. The number of carboxylic acid groups (broad SMARTS) is 1. The minimum Gasteiger partial charge on any atom is -0.465 e. The fourth-order valence-electron chi connectivity index (χ4n) is 2.33. The van der Waals surface area contributed by atoms with E-state index in [1.54, 1.807) is 44.3 Å². The SMILES string of the molecule is Cc1cc(N(C)C(=O)O)ccc1N(C)C(=O)c1cc(N)ccc1Cl. The summed E-state index contributed by atoms with van der Waals surface area (Å²) in [7, 11) is 3.09. The zero-order chi connectivity index (χ0) is 18.0. The van der Waals surface area contributed by atoms with E-state index in [-0.39, 0.29) is 5.91 Å². The third kappa shape index (κ3) is 3.44. The van der Waals surface area contributed by atoms with Crippen molar-refractivity contribution in [3.8, 4) is 0 Å². The van der Waals surface area contributed by atoms with Gasteiger partial charge in [-0.3, -0.25) is 9.69 Å². The first-order valence-corrected chi connectivity index (χ1v) is 7.50. The molecule has 0 saturated heterocycles. The van der Waals surface area contributed by atoms with Gasteiger partial charge < -0.3 is 15.7 Å². The second kappa shape index (κ2) is 6.80. The molecule has 0 aliphatic carbocycles. The Morgan fingerprint density at radius 3 is 2.33 bits per heavy atom. The number of amides is 2. The van der Waals surface area contributed by atoms with Gasteiger partial charge in [0.1, 0.15) is 0 Å². The van der Waals surface area contributed by atoms with Crippen molar-refractivity contribution in [3.05, 3.63) is 52.5 Å². The molecule has 126 valence electrons. The number of hydrogen-bond donors (Lipinski definition) is 2. The first kappa shape index (κ1) is 17.6. The maximum atomic E-state index is 12.7. The smallest absolute Gasteiger partial charge is 0.411 e. The van der Waals surface area contributed by atoms with Crippen LogP contribution >= 0.6 is 11.6 Å². The molecule has 0 aliphatic rings. The number of aryl methyl sites for hydroxylation is 1. The Morgan fingerprint density at radius 2 is 1.75 bits per heavy atom. The number of nitrogens with zero attached hydrogens (tertiary/aromatic N) is 2. The van der Waals surface area contributed by atoms with Gasteiger partial charge in [0.05, 0.1) is 10.6 Å². The van der Waals surface area contributed by atoms with Crippen molar-refractivity contribution in [2.75, 3.05) is 29.6 Å². The van der Waals surface area contributed by atoms with Crippen molar-refractivity contribution in [2.24, 2.45) is 0 Å². The van der Waals surface area contributed by atoms with E-state index in [9.17, 15) is 9.59 Å². The van der Waals surface area contributed by atoms with Gasteiger partial charge in [0.15, 0.2) is 0 Å². The summed E-state index contributed by atoms with van der Waals surface area (Å²) in [5, 5.41) is 9.35. The highest BCUT2D eigenvalue weighted by Crippen LogP contribution is 2.27. The summed E-state index contributed by atoms with van der Waals surface area (Å²) in [6.45, 7) is 1.80. The Kier molecular flexibility index (Phi) is 4.99. The lowest BCUT2D eigenvalue weighted by Gasteiger charge is -2.22. The fourth-order valence-corrected chi connectivity index (χ4v) is 2.53. The number of nitrogens with two attached hydrogens (primary N) is 1. The second-order valence-corrected chi connectivity index (χ2v) is 5.82. The third-order valence-electron chi connectivity index (χ3n) is 3.74. The van der Waals surface area contributed by atoms with Gasteiger partial charge in [0.2, 0.25) is 0 Å². The minimum absolute atomic E-state index is 0.297. The van der Waals surface area contributed by atoms with E-state index in [0.717, 1.165) is 10.5 Å². The molecule has 7 heteroatoms. The second-order valence-electron chi connectivity index (χ2n) is 5.42. The standard InChI is InChI=1S/C17H18ClN3O3/c1-10-8-12(20(2)17(23)24)5-7-15(10)21(3)16(22)13-9-11(19)4-6-14(13)18/h4-9H,19H2,1-3H3,(H,23,24). The van der Waals surface area contributed by atoms with Crippen LogP contribution in [0.25, 0.3) is 0 Å². The Morgan fingerprint density at radius 1 is 1.08 bits per heavy atom. The van der Waals surface area contributed by atoms with E-state index < -0.39 is 6.09 Å². The van der Waals surface area contributed by atoms with Gasteiger partial charge in [-0.05, 0) is 48.9 Å². The van der Waals surface area contributed by atoms with Crippen LogP contribution < -0.4 is 15.5 Å². The average Bonchev–Trinajstić information content (AvgIpc) is 2.54. The van der Waals surface area contributed by atoms with Crippen LogP contribution in [0.4, 0.5) is 21.9 Å². The van der Waals surface area contributed by atoms with E-state index >= 15 is 0 Å². The van der Waals surface area contributed by atoms with Gasteiger partial charge in [-0.2, -0.15) is 0 Å². The van der Waals surface area contributed by atoms with Gasteiger partial charge in [0, 0.05) is 31.2 Å². The zero-order valence-electron chi connectivity index (χ0n) is 13.6. The average molecular weight is 348 g/mol. The van der Waals surface area contributed by atoms with E-state index in [1.807, 2.05) is 0 Å². The van der Waals surface area contributed by atoms with E-state index in [2.05, 4.69) is 0 Å². The van der Waals surface area contributed by atoms with E-state index in [1.165, 1.54) is 18.0 Å². The molecule has 2 aromatic carbocycles.